The average molecular weight is 355 g/mol. The van der Waals surface area contributed by atoms with Crippen LogP contribution in [0.25, 0.3) is 0 Å². The van der Waals surface area contributed by atoms with Crippen molar-refractivity contribution in [2.75, 3.05) is 40.3 Å². The van der Waals surface area contributed by atoms with Crippen molar-refractivity contribution in [2.45, 2.75) is 12.8 Å². The van der Waals surface area contributed by atoms with Gasteiger partial charge in [-0.05, 0) is 44.3 Å². The van der Waals surface area contributed by atoms with Crippen LogP contribution in [-0.2, 0) is 16.0 Å². The third-order valence-corrected chi connectivity index (χ3v) is 4.27. The fraction of sp³-hybridized carbons (Fsp3) is 0.529. The van der Waals surface area contributed by atoms with Crippen molar-refractivity contribution in [3.8, 4) is 5.75 Å². The molecule has 1 unspecified atom stereocenters. The third kappa shape index (κ3) is 5.11. The quantitative estimate of drug-likeness (QED) is 0.770. The van der Waals surface area contributed by atoms with Gasteiger partial charge in [-0.25, -0.2) is 0 Å². The van der Waals surface area contributed by atoms with Gasteiger partial charge < -0.3 is 19.6 Å². The minimum absolute atomic E-state index is 0.0804. The highest BCUT2D eigenvalue weighted by Gasteiger charge is 2.33. The maximum atomic E-state index is 11.9. The molecule has 0 aromatic heterocycles. The molecule has 1 aromatic rings. The van der Waals surface area contributed by atoms with E-state index in [0.717, 1.165) is 17.9 Å². The molecule has 6 nitrogen and oxygen atoms in total. The molecule has 1 saturated heterocycles. The van der Waals surface area contributed by atoms with Gasteiger partial charge in [0, 0.05) is 31.1 Å². The lowest BCUT2D eigenvalue weighted by Gasteiger charge is -2.18. The molecule has 0 aliphatic carbocycles. The van der Waals surface area contributed by atoms with Crippen LogP contribution in [0.15, 0.2) is 18.2 Å². The number of amides is 1. The first-order chi connectivity index (χ1) is 11.4. The van der Waals surface area contributed by atoms with Crippen molar-refractivity contribution in [1.82, 2.24) is 9.80 Å². The largest absolute Gasteiger partial charge is 0.492 e. The second-order valence-electron chi connectivity index (χ2n) is 6.23. The fourth-order valence-electron chi connectivity index (χ4n) is 2.63. The maximum Gasteiger partial charge on any atom is 0.308 e. The molecule has 1 fully saturated rings. The number of likely N-dealkylation sites (tertiary alicyclic amines) is 1. The molecule has 24 heavy (non-hydrogen) atoms. The minimum Gasteiger partial charge on any atom is -0.492 e. The number of nitrogens with zero attached hydrogens (tertiary/aromatic N) is 2. The fourth-order valence-corrected chi connectivity index (χ4v) is 2.83. The van der Waals surface area contributed by atoms with Crippen molar-refractivity contribution in [3.63, 3.8) is 0 Å². The molecule has 1 heterocycles. The summed E-state index contributed by atoms with van der Waals surface area (Å²) in [6.45, 7) is 2.09. The van der Waals surface area contributed by atoms with E-state index in [2.05, 4.69) is 0 Å². The summed E-state index contributed by atoms with van der Waals surface area (Å²) < 4.78 is 5.81. The Bertz CT molecular complexity index is 606. The van der Waals surface area contributed by atoms with E-state index in [1.165, 1.54) is 0 Å². The van der Waals surface area contributed by atoms with Crippen molar-refractivity contribution in [3.05, 3.63) is 28.8 Å². The summed E-state index contributed by atoms with van der Waals surface area (Å²) >= 11 is 6.07. The number of carbonyl (C=O) groups is 2. The van der Waals surface area contributed by atoms with E-state index in [1.54, 1.807) is 11.0 Å². The SMILES string of the molecule is CN(C)CCOc1ccc(Cl)cc1CCN1CC(C(=O)O)CC1=O. The van der Waals surface area contributed by atoms with Crippen LogP contribution in [-0.4, -0.2) is 67.1 Å². The molecule has 2 rings (SSSR count). The summed E-state index contributed by atoms with van der Waals surface area (Å²) in [7, 11) is 3.95. The maximum absolute atomic E-state index is 11.9. The molecular formula is C17H23ClN2O4. The molecule has 1 aliphatic rings. The molecule has 1 aliphatic heterocycles. The van der Waals surface area contributed by atoms with Crippen molar-refractivity contribution < 1.29 is 19.4 Å². The van der Waals surface area contributed by atoms with E-state index in [9.17, 15) is 9.59 Å². The highest BCUT2D eigenvalue weighted by atomic mass is 35.5. The molecule has 132 valence electrons. The summed E-state index contributed by atoms with van der Waals surface area (Å²) in [4.78, 5) is 26.6. The van der Waals surface area contributed by atoms with Gasteiger partial charge in [-0.3, -0.25) is 9.59 Å². The van der Waals surface area contributed by atoms with E-state index in [0.29, 0.717) is 24.6 Å². The van der Waals surface area contributed by atoms with E-state index in [1.807, 2.05) is 31.1 Å². The topological polar surface area (TPSA) is 70.1 Å². The number of hydrogen-bond acceptors (Lipinski definition) is 4. The van der Waals surface area contributed by atoms with Gasteiger partial charge in [0.2, 0.25) is 5.91 Å². The first-order valence-electron chi connectivity index (χ1n) is 7.93. The number of ether oxygens (including phenoxy) is 1. The zero-order valence-electron chi connectivity index (χ0n) is 14.0. The summed E-state index contributed by atoms with van der Waals surface area (Å²) in [5.74, 6) is -0.879. The first kappa shape index (κ1) is 18.5. The van der Waals surface area contributed by atoms with E-state index < -0.39 is 11.9 Å². The van der Waals surface area contributed by atoms with E-state index in [4.69, 9.17) is 21.4 Å². The van der Waals surface area contributed by atoms with Gasteiger partial charge >= 0.3 is 5.97 Å². The van der Waals surface area contributed by atoms with E-state index >= 15 is 0 Å². The van der Waals surface area contributed by atoms with Crippen molar-refractivity contribution >= 4 is 23.5 Å². The van der Waals surface area contributed by atoms with Crippen molar-refractivity contribution in [2.24, 2.45) is 5.92 Å². The van der Waals surface area contributed by atoms with Gasteiger partial charge in [0.15, 0.2) is 0 Å². The highest BCUT2D eigenvalue weighted by molar-refractivity contribution is 6.30. The summed E-state index contributed by atoms with van der Waals surface area (Å²) in [6, 6.07) is 5.44. The molecule has 1 atom stereocenters. The van der Waals surface area contributed by atoms with Crippen LogP contribution in [0.2, 0.25) is 5.02 Å². The van der Waals surface area contributed by atoms with Crippen LogP contribution >= 0.6 is 11.6 Å². The molecule has 0 saturated carbocycles. The molecular weight excluding hydrogens is 332 g/mol. The second kappa shape index (κ2) is 8.35. The summed E-state index contributed by atoms with van der Waals surface area (Å²) in [5.41, 5.74) is 0.924. The Balaban J connectivity index is 1.97. The first-order valence-corrected chi connectivity index (χ1v) is 8.31. The highest BCUT2D eigenvalue weighted by Crippen LogP contribution is 2.25. The van der Waals surface area contributed by atoms with Gasteiger partial charge in [-0.15, -0.1) is 0 Å². The van der Waals surface area contributed by atoms with Crippen LogP contribution in [0, 0.1) is 5.92 Å². The molecule has 1 aromatic carbocycles. The molecule has 1 N–H and O–H groups in total. The lowest BCUT2D eigenvalue weighted by atomic mass is 10.1. The average Bonchev–Trinajstić information content (AvgIpc) is 2.88. The monoisotopic (exact) mass is 354 g/mol. The Morgan fingerprint density at radius 2 is 2.21 bits per heavy atom. The Morgan fingerprint density at radius 3 is 2.83 bits per heavy atom. The number of aliphatic carboxylic acids is 1. The number of hydrogen-bond donors (Lipinski definition) is 1. The van der Waals surface area contributed by atoms with Gasteiger partial charge in [-0.1, -0.05) is 11.6 Å². The molecule has 1 amide bonds. The third-order valence-electron chi connectivity index (χ3n) is 4.03. The summed E-state index contributed by atoms with van der Waals surface area (Å²) in [5, 5.41) is 9.65. The number of benzene rings is 1. The van der Waals surface area contributed by atoms with Crippen LogP contribution in [0.1, 0.15) is 12.0 Å². The number of carboxylic acid groups (broad SMARTS) is 1. The number of carbonyl (C=O) groups excluding carboxylic acids is 1. The van der Waals surface area contributed by atoms with Crippen LogP contribution in [0.5, 0.6) is 5.75 Å². The second-order valence-corrected chi connectivity index (χ2v) is 6.67. The number of carboxylic acids is 1. The van der Waals surface area contributed by atoms with Gasteiger partial charge in [0.1, 0.15) is 12.4 Å². The zero-order valence-corrected chi connectivity index (χ0v) is 14.8. The van der Waals surface area contributed by atoms with Crippen LogP contribution in [0.4, 0.5) is 0 Å². The van der Waals surface area contributed by atoms with Crippen molar-refractivity contribution in [1.29, 1.82) is 0 Å². The Hall–Kier alpha value is -1.79. The lowest BCUT2D eigenvalue weighted by molar-refractivity contribution is -0.141. The smallest absolute Gasteiger partial charge is 0.308 e. The Labute approximate surface area is 146 Å². The van der Waals surface area contributed by atoms with Crippen LogP contribution in [0.3, 0.4) is 0 Å². The standard InChI is InChI=1S/C17H23ClN2O4/c1-19(2)7-8-24-15-4-3-14(18)9-12(15)5-6-20-11-13(17(22)23)10-16(20)21/h3-4,9,13H,5-8,10-11H2,1-2H3,(H,22,23). The van der Waals surface area contributed by atoms with Gasteiger partial charge in [-0.2, -0.15) is 0 Å². The lowest BCUT2D eigenvalue weighted by Crippen LogP contribution is -2.28. The molecule has 0 bridgehead atoms. The Morgan fingerprint density at radius 1 is 1.46 bits per heavy atom. The van der Waals surface area contributed by atoms with E-state index in [-0.39, 0.29) is 18.9 Å². The summed E-state index contributed by atoms with van der Waals surface area (Å²) in [6.07, 6.45) is 0.660. The molecule has 0 spiro atoms. The number of likely N-dealkylation sites (N-methyl/N-ethyl adjacent to an activating group) is 1. The Kier molecular flexibility index (Phi) is 6.45. The number of halogens is 1. The van der Waals surface area contributed by atoms with Gasteiger partial charge in [0.25, 0.3) is 0 Å². The van der Waals surface area contributed by atoms with Gasteiger partial charge in [0.05, 0.1) is 5.92 Å². The predicted molar refractivity (Wildman–Crippen MR) is 91.5 cm³/mol. The normalized spacial score (nSPS) is 17.6. The molecule has 7 heteroatoms. The minimum atomic E-state index is -0.915. The molecule has 0 radical (unpaired) electrons. The zero-order chi connectivity index (χ0) is 17.7. The number of rotatable bonds is 8. The van der Waals surface area contributed by atoms with Crippen LogP contribution < -0.4 is 4.74 Å². The predicted octanol–water partition coefficient (Wildman–Crippen LogP) is 1.76.